The van der Waals surface area contributed by atoms with Gasteiger partial charge in [0, 0.05) is 17.8 Å². The molecule has 1 fully saturated rings. The summed E-state index contributed by atoms with van der Waals surface area (Å²) in [6, 6.07) is 0. The SMILES string of the molecule is C=C(CC)CNCC1(SC)CC1. The van der Waals surface area contributed by atoms with Crippen molar-refractivity contribution in [3.63, 3.8) is 0 Å². The van der Waals surface area contributed by atoms with Crippen molar-refractivity contribution in [2.75, 3.05) is 19.3 Å². The molecule has 1 aliphatic carbocycles. The molecule has 1 saturated carbocycles. The Kier molecular flexibility index (Phi) is 3.66. The fourth-order valence-electron chi connectivity index (χ4n) is 1.18. The van der Waals surface area contributed by atoms with E-state index in [4.69, 9.17) is 0 Å². The summed E-state index contributed by atoms with van der Waals surface area (Å²) in [5.74, 6) is 0. The number of nitrogens with one attached hydrogen (secondary N) is 1. The second-order valence-electron chi connectivity index (χ2n) is 3.59. The monoisotopic (exact) mass is 185 g/mol. The Morgan fingerprint density at radius 1 is 1.58 bits per heavy atom. The van der Waals surface area contributed by atoms with E-state index in [2.05, 4.69) is 25.1 Å². The summed E-state index contributed by atoms with van der Waals surface area (Å²) in [4.78, 5) is 0. The first-order chi connectivity index (χ1) is 5.72. The maximum Gasteiger partial charge on any atom is 0.0282 e. The fourth-order valence-corrected chi connectivity index (χ4v) is 1.94. The van der Waals surface area contributed by atoms with Crippen molar-refractivity contribution in [2.45, 2.75) is 30.9 Å². The van der Waals surface area contributed by atoms with Crippen molar-refractivity contribution in [1.82, 2.24) is 5.32 Å². The summed E-state index contributed by atoms with van der Waals surface area (Å²) in [6.07, 6.45) is 6.09. The molecule has 0 atom stereocenters. The molecule has 0 aromatic rings. The predicted molar refractivity (Wildman–Crippen MR) is 57.8 cm³/mol. The first-order valence-corrected chi connectivity index (χ1v) is 5.87. The summed E-state index contributed by atoms with van der Waals surface area (Å²) in [7, 11) is 0. The predicted octanol–water partition coefficient (Wildman–Crippen LogP) is 2.44. The number of hydrogen-bond donors (Lipinski definition) is 1. The molecule has 2 heteroatoms. The van der Waals surface area contributed by atoms with Crippen molar-refractivity contribution >= 4 is 11.8 Å². The van der Waals surface area contributed by atoms with Gasteiger partial charge >= 0.3 is 0 Å². The summed E-state index contributed by atoms with van der Waals surface area (Å²) in [5.41, 5.74) is 1.31. The van der Waals surface area contributed by atoms with E-state index < -0.39 is 0 Å². The molecule has 1 aliphatic rings. The van der Waals surface area contributed by atoms with Crippen molar-refractivity contribution in [3.8, 4) is 0 Å². The zero-order valence-electron chi connectivity index (χ0n) is 8.15. The maximum absolute atomic E-state index is 3.97. The van der Waals surface area contributed by atoms with Gasteiger partial charge < -0.3 is 5.32 Å². The van der Waals surface area contributed by atoms with Crippen molar-refractivity contribution in [1.29, 1.82) is 0 Å². The third-order valence-electron chi connectivity index (χ3n) is 2.56. The van der Waals surface area contributed by atoms with Crippen LogP contribution in [0, 0.1) is 0 Å². The summed E-state index contributed by atoms with van der Waals surface area (Å²) in [6.45, 7) is 8.29. The minimum atomic E-state index is 0.591. The third-order valence-corrected chi connectivity index (χ3v) is 3.98. The minimum absolute atomic E-state index is 0.591. The molecule has 0 spiro atoms. The fraction of sp³-hybridized carbons (Fsp3) is 0.800. The highest BCUT2D eigenvalue weighted by Crippen LogP contribution is 2.46. The van der Waals surface area contributed by atoms with Crippen molar-refractivity contribution < 1.29 is 0 Å². The molecule has 0 unspecified atom stereocenters. The van der Waals surface area contributed by atoms with Crippen LogP contribution in [0.15, 0.2) is 12.2 Å². The van der Waals surface area contributed by atoms with Crippen LogP contribution in [0.25, 0.3) is 0 Å². The van der Waals surface area contributed by atoms with Crippen LogP contribution in [0.4, 0.5) is 0 Å². The topological polar surface area (TPSA) is 12.0 Å². The first-order valence-electron chi connectivity index (χ1n) is 4.65. The quantitative estimate of drug-likeness (QED) is 0.638. The van der Waals surface area contributed by atoms with E-state index in [9.17, 15) is 0 Å². The number of rotatable bonds is 6. The lowest BCUT2D eigenvalue weighted by atomic mass is 10.2. The summed E-state index contributed by atoms with van der Waals surface area (Å²) >= 11 is 2.01. The molecule has 0 heterocycles. The van der Waals surface area contributed by atoms with Gasteiger partial charge in [-0.25, -0.2) is 0 Å². The molecule has 1 rings (SSSR count). The molecule has 0 saturated heterocycles. The average Bonchev–Trinajstić information content (AvgIpc) is 2.85. The van der Waals surface area contributed by atoms with Gasteiger partial charge in [0.15, 0.2) is 0 Å². The highest BCUT2D eigenvalue weighted by atomic mass is 32.2. The normalized spacial score (nSPS) is 19.2. The molecular weight excluding hydrogens is 166 g/mol. The molecule has 0 radical (unpaired) electrons. The van der Waals surface area contributed by atoms with Gasteiger partial charge in [0.1, 0.15) is 0 Å². The smallest absolute Gasteiger partial charge is 0.0282 e. The molecular formula is C10H19NS. The first kappa shape index (κ1) is 10.1. The Morgan fingerprint density at radius 3 is 2.67 bits per heavy atom. The molecule has 1 N–H and O–H groups in total. The summed E-state index contributed by atoms with van der Waals surface area (Å²) in [5, 5.41) is 3.47. The van der Waals surface area contributed by atoms with Crippen molar-refractivity contribution in [2.24, 2.45) is 0 Å². The van der Waals surface area contributed by atoms with Gasteiger partial charge in [-0.3, -0.25) is 0 Å². The van der Waals surface area contributed by atoms with Gasteiger partial charge in [0.05, 0.1) is 0 Å². The zero-order chi connectivity index (χ0) is 9.03. The van der Waals surface area contributed by atoms with Gasteiger partial charge in [-0.1, -0.05) is 19.1 Å². The number of thioether (sulfide) groups is 1. The molecule has 0 aliphatic heterocycles. The Hall–Kier alpha value is 0.0500. The molecule has 0 bridgehead atoms. The number of hydrogen-bond acceptors (Lipinski definition) is 2. The molecule has 0 aromatic carbocycles. The highest BCUT2D eigenvalue weighted by molar-refractivity contribution is 8.00. The Labute approximate surface area is 80.0 Å². The van der Waals surface area contributed by atoms with E-state index in [1.807, 2.05) is 11.8 Å². The van der Waals surface area contributed by atoms with E-state index in [0.29, 0.717) is 4.75 Å². The minimum Gasteiger partial charge on any atom is -0.312 e. The van der Waals surface area contributed by atoms with Crippen LogP contribution >= 0.6 is 11.8 Å². The Balaban J connectivity index is 2.06. The molecule has 0 aromatic heterocycles. The van der Waals surface area contributed by atoms with Crippen LogP contribution in [0.2, 0.25) is 0 Å². The van der Waals surface area contributed by atoms with E-state index in [0.717, 1.165) is 19.5 Å². The average molecular weight is 185 g/mol. The second kappa shape index (κ2) is 4.33. The lowest BCUT2D eigenvalue weighted by Gasteiger charge is -2.13. The van der Waals surface area contributed by atoms with E-state index in [1.165, 1.54) is 18.4 Å². The highest BCUT2D eigenvalue weighted by Gasteiger charge is 2.41. The molecule has 12 heavy (non-hydrogen) atoms. The Morgan fingerprint density at radius 2 is 2.25 bits per heavy atom. The van der Waals surface area contributed by atoms with Gasteiger partial charge in [-0.15, -0.1) is 0 Å². The molecule has 1 nitrogen and oxygen atoms in total. The lowest BCUT2D eigenvalue weighted by molar-refractivity contribution is 0.691. The lowest BCUT2D eigenvalue weighted by Crippen LogP contribution is -2.27. The molecule has 0 amide bonds. The molecule has 70 valence electrons. The standard InChI is InChI=1S/C10H19NS/c1-4-9(2)7-11-8-10(12-3)5-6-10/h11H,2,4-8H2,1,3H3. The second-order valence-corrected chi connectivity index (χ2v) is 4.87. The van der Waals surface area contributed by atoms with Crippen LogP contribution in [0.5, 0.6) is 0 Å². The van der Waals surface area contributed by atoms with Crippen LogP contribution in [-0.4, -0.2) is 24.1 Å². The zero-order valence-corrected chi connectivity index (χ0v) is 8.97. The van der Waals surface area contributed by atoms with Crippen LogP contribution in [-0.2, 0) is 0 Å². The van der Waals surface area contributed by atoms with Crippen molar-refractivity contribution in [3.05, 3.63) is 12.2 Å². The van der Waals surface area contributed by atoms with Gasteiger partial charge in [-0.05, 0) is 25.5 Å². The summed E-state index contributed by atoms with van der Waals surface area (Å²) < 4.78 is 0.591. The van der Waals surface area contributed by atoms with Gasteiger partial charge in [-0.2, -0.15) is 11.8 Å². The van der Waals surface area contributed by atoms with Gasteiger partial charge in [0.2, 0.25) is 0 Å². The van der Waals surface area contributed by atoms with Crippen LogP contribution in [0.1, 0.15) is 26.2 Å². The van der Waals surface area contributed by atoms with E-state index >= 15 is 0 Å². The third kappa shape index (κ3) is 2.83. The Bertz CT molecular complexity index is 161. The van der Waals surface area contributed by atoms with Gasteiger partial charge in [0.25, 0.3) is 0 Å². The maximum atomic E-state index is 3.97. The van der Waals surface area contributed by atoms with Crippen LogP contribution < -0.4 is 5.32 Å². The van der Waals surface area contributed by atoms with E-state index in [-0.39, 0.29) is 0 Å². The largest absolute Gasteiger partial charge is 0.312 e. The van der Waals surface area contributed by atoms with E-state index in [1.54, 1.807) is 0 Å². The van der Waals surface area contributed by atoms with Crippen LogP contribution in [0.3, 0.4) is 0 Å².